The molecular weight excluding hydrogens is 256 g/mol. The summed E-state index contributed by atoms with van der Waals surface area (Å²) in [5.74, 6) is 0. The predicted molar refractivity (Wildman–Crippen MR) is 77.7 cm³/mol. The fourth-order valence-electron chi connectivity index (χ4n) is 2.07. The Bertz CT molecular complexity index is 607. The van der Waals surface area contributed by atoms with Crippen LogP contribution in [0.1, 0.15) is 24.6 Å². The minimum atomic E-state index is -0.370. The average Bonchev–Trinajstić information content (AvgIpc) is 2.84. The molecule has 0 saturated heterocycles. The van der Waals surface area contributed by atoms with Gasteiger partial charge in [0.05, 0.1) is 23.5 Å². The van der Waals surface area contributed by atoms with Crippen LogP contribution < -0.4 is 5.32 Å². The number of rotatable bonds is 6. The van der Waals surface area contributed by atoms with Crippen molar-refractivity contribution in [1.82, 2.24) is 9.55 Å². The Morgan fingerprint density at radius 2 is 2.25 bits per heavy atom. The zero-order valence-electron chi connectivity index (χ0n) is 11.7. The van der Waals surface area contributed by atoms with Gasteiger partial charge in [-0.3, -0.25) is 10.1 Å². The monoisotopic (exact) mass is 274 g/mol. The standard InChI is InChI=1S/C14H18N4O2/c1-3-6-17-10-15-8-12(17)9-16-13-7-11(2)4-5-14(13)18(19)20/h4-5,7-8,10,16H,3,6,9H2,1-2H3. The minimum absolute atomic E-state index is 0.0946. The molecule has 0 aliphatic rings. The number of hydrogen-bond acceptors (Lipinski definition) is 4. The molecule has 0 atom stereocenters. The van der Waals surface area contributed by atoms with Crippen molar-refractivity contribution in [2.75, 3.05) is 5.32 Å². The number of nitro benzene ring substituents is 1. The Morgan fingerprint density at radius 1 is 1.45 bits per heavy atom. The molecule has 0 saturated carbocycles. The second-order valence-corrected chi connectivity index (χ2v) is 4.71. The maximum absolute atomic E-state index is 11.0. The second kappa shape index (κ2) is 6.18. The van der Waals surface area contributed by atoms with Gasteiger partial charge < -0.3 is 9.88 Å². The Labute approximate surface area is 117 Å². The lowest BCUT2D eigenvalue weighted by Crippen LogP contribution is -2.08. The molecule has 0 radical (unpaired) electrons. The first-order valence-electron chi connectivity index (χ1n) is 6.59. The number of imidazole rings is 1. The van der Waals surface area contributed by atoms with E-state index in [1.54, 1.807) is 24.7 Å². The summed E-state index contributed by atoms with van der Waals surface area (Å²) >= 11 is 0. The average molecular weight is 274 g/mol. The van der Waals surface area contributed by atoms with Gasteiger partial charge >= 0.3 is 0 Å². The van der Waals surface area contributed by atoms with Gasteiger partial charge in [0.25, 0.3) is 5.69 Å². The van der Waals surface area contributed by atoms with E-state index in [1.165, 1.54) is 6.07 Å². The van der Waals surface area contributed by atoms with Crippen LogP contribution in [0.4, 0.5) is 11.4 Å². The zero-order valence-corrected chi connectivity index (χ0v) is 11.7. The quantitative estimate of drug-likeness (QED) is 0.648. The molecule has 0 unspecified atom stereocenters. The molecule has 0 bridgehead atoms. The lowest BCUT2D eigenvalue weighted by Gasteiger charge is -2.10. The molecule has 20 heavy (non-hydrogen) atoms. The van der Waals surface area contributed by atoms with E-state index in [1.807, 2.05) is 6.92 Å². The van der Waals surface area contributed by atoms with E-state index >= 15 is 0 Å². The topological polar surface area (TPSA) is 73.0 Å². The van der Waals surface area contributed by atoms with Crippen LogP contribution in [0, 0.1) is 17.0 Å². The van der Waals surface area contributed by atoms with Crippen molar-refractivity contribution in [3.63, 3.8) is 0 Å². The van der Waals surface area contributed by atoms with Crippen molar-refractivity contribution in [3.8, 4) is 0 Å². The van der Waals surface area contributed by atoms with Crippen LogP contribution >= 0.6 is 0 Å². The fraction of sp³-hybridized carbons (Fsp3) is 0.357. The highest BCUT2D eigenvalue weighted by molar-refractivity contribution is 5.62. The molecule has 1 heterocycles. The number of nitrogens with one attached hydrogen (secondary N) is 1. The third kappa shape index (κ3) is 3.14. The third-order valence-electron chi connectivity index (χ3n) is 3.07. The summed E-state index contributed by atoms with van der Waals surface area (Å²) in [6.45, 7) is 5.43. The van der Waals surface area contributed by atoms with Crippen molar-refractivity contribution in [2.24, 2.45) is 0 Å². The van der Waals surface area contributed by atoms with Crippen LogP contribution in [-0.2, 0) is 13.1 Å². The van der Waals surface area contributed by atoms with Gasteiger partial charge in [0.15, 0.2) is 0 Å². The van der Waals surface area contributed by atoms with Gasteiger partial charge in [-0.2, -0.15) is 0 Å². The number of aromatic nitrogens is 2. The number of anilines is 1. The largest absolute Gasteiger partial charge is 0.374 e. The van der Waals surface area contributed by atoms with Crippen LogP contribution in [0.3, 0.4) is 0 Å². The summed E-state index contributed by atoms with van der Waals surface area (Å²) in [5.41, 5.74) is 2.64. The molecule has 0 aliphatic carbocycles. The van der Waals surface area contributed by atoms with Crippen LogP contribution in [0.2, 0.25) is 0 Å². The highest BCUT2D eigenvalue weighted by Crippen LogP contribution is 2.25. The molecule has 0 amide bonds. The van der Waals surface area contributed by atoms with E-state index in [4.69, 9.17) is 0 Å². The summed E-state index contributed by atoms with van der Waals surface area (Å²) in [4.78, 5) is 14.8. The van der Waals surface area contributed by atoms with Gasteiger partial charge in [-0.25, -0.2) is 4.98 Å². The summed E-state index contributed by atoms with van der Waals surface area (Å²) in [7, 11) is 0. The van der Waals surface area contributed by atoms with Crippen molar-refractivity contribution < 1.29 is 4.92 Å². The van der Waals surface area contributed by atoms with Gasteiger partial charge in [-0.15, -0.1) is 0 Å². The van der Waals surface area contributed by atoms with Crippen LogP contribution in [-0.4, -0.2) is 14.5 Å². The van der Waals surface area contributed by atoms with Crippen molar-refractivity contribution in [3.05, 3.63) is 52.1 Å². The van der Waals surface area contributed by atoms with Gasteiger partial charge in [-0.1, -0.05) is 13.0 Å². The highest BCUT2D eigenvalue weighted by Gasteiger charge is 2.13. The number of nitro groups is 1. The predicted octanol–water partition coefficient (Wildman–Crippen LogP) is 3.12. The minimum Gasteiger partial charge on any atom is -0.374 e. The Hall–Kier alpha value is -2.37. The van der Waals surface area contributed by atoms with E-state index in [2.05, 4.69) is 21.8 Å². The highest BCUT2D eigenvalue weighted by atomic mass is 16.6. The Kier molecular flexibility index (Phi) is 4.34. The van der Waals surface area contributed by atoms with Gasteiger partial charge in [0.1, 0.15) is 5.69 Å². The summed E-state index contributed by atoms with van der Waals surface area (Å²) in [6.07, 6.45) is 4.59. The smallest absolute Gasteiger partial charge is 0.292 e. The maximum Gasteiger partial charge on any atom is 0.292 e. The molecular formula is C14H18N4O2. The molecule has 6 nitrogen and oxygen atoms in total. The molecule has 1 aromatic heterocycles. The Morgan fingerprint density at radius 3 is 2.95 bits per heavy atom. The number of aryl methyl sites for hydroxylation is 2. The number of nitrogens with zero attached hydrogens (tertiary/aromatic N) is 3. The third-order valence-corrected chi connectivity index (χ3v) is 3.07. The molecule has 1 N–H and O–H groups in total. The van der Waals surface area contributed by atoms with Gasteiger partial charge in [0, 0.05) is 18.8 Å². The second-order valence-electron chi connectivity index (χ2n) is 4.71. The first kappa shape index (κ1) is 14.0. The van der Waals surface area contributed by atoms with E-state index in [-0.39, 0.29) is 10.6 Å². The van der Waals surface area contributed by atoms with Gasteiger partial charge in [0.2, 0.25) is 0 Å². The Balaban J connectivity index is 2.16. The van der Waals surface area contributed by atoms with E-state index in [0.717, 1.165) is 24.2 Å². The van der Waals surface area contributed by atoms with Crippen molar-refractivity contribution >= 4 is 11.4 Å². The zero-order chi connectivity index (χ0) is 14.5. The van der Waals surface area contributed by atoms with E-state index in [0.29, 0.717) is 12.2 Å². The molecule has 0 aliphatic heterocycles. The van der Waals surface area contributed by atoms with Crippen molar-refractivity contribution in [1.29, 1.82) is 0 Å². The molecule has 0 spiro atoms. The van der Waals surface area contributed by atoms with E-state index < -0.39 is 0 Å². The number of hydrogen-bond donors (Lipinski definition) is 1. The van der Waals surface area contributed by atoms with Gasteiger partial charge in [-0.05, 0) is 25.0 Å². The SMILES string of the molecule is CCCn1cncc1CNc1cc(C)ccc1[N+](=O)[O-]. The molecule has 1 aromatic carbocycles. The van der Waals surface area contributed by atoms with Crippen molar-refractivity contribution in [2.45, 2.75) is 33.4 Å². The molecule has 6 heteroatoms. The summed E-state index contributed by atoms with van der Waals surface area (Å²) < 4.78 is 2.05. The molecule has 106 valence electrons. The lowest BCUT2D eigenvalue weighted by molar-refractivity contribution is -0.384. The molecule has 2 rings (SSSR count). The maximum atomic E-state index is 11.0. The molecule has 0 fully saturated rings. The van der Waals surface area contributed by atoms with Crippen LogP contribution in [0.15, 0.2) is 30.7 Å². The summed E-state index contributed by atoms with van der Waals surface area (Å²) in [6, 6.07) is 5.06. The summed E-state index contributed by atoms with van der Waals surface area (Å²) in [5, 5.41) is 14.1. The fourth-order valence-corrected chi connectivity index (χ4v) is 2.07. The lowest BCUT2D eigenvalue weighted by atomic mass is 10.2. The molecule has 2 aromatic rings. The first-order valence-corrected chi connectivity index (χ1v) is 6.59. The van der Waals surface area contributed by atoms with E-state index in [9.17, 15) is 10.1 Å². The number of benzene rings is 1. The van der Waals surface area contributed by atoms with Crippen LogP contribution in [0.5, 0.6) is 0 Å². The van der Waals surface area contributed by atoms with Crippen LogP contribution in [0.25, 0.3) is 0 Å². The first-order chi connectivity index (χ1) is 9.61. The normalized spacial score (nSPS) is 10.5.